The largest absolute Gasteiger partial charge is 0.340 e. The van der Waals surface area contributed by atoms with Gasteiger partial charge in [-0.05, 0) is 67.4 Å². The molecule has 1 aliphatic heterocycles. The number of hydrogen-bond acceptors (Lipinski definition) is 3. The van der Waals surface area contributed by atoms with E-state index < -0.39 is 5.82 Å². The maximum atomic E-state index is 14.5. The van der Waals surface area contributed by atoms with Crippen molar-refractivity contribution in [2.75, 3.05) is 0 Å². The number of rotatable bonds is 5. The van der Waals surface area contributed by atoms with E-state index in [0.717, 1.165) is 58.4 Å². The normalized spacial score (nSPS) is 18.6. The van der Waals surface area contributed by atoms with Crippen LogP contribution >= 0.6 is 23.4 Å². The maximum absolute atomic E-state index is 14.5. The van der Waals surface area contributed by atoms with Crippen LogP contribution in [0.1, 0.15) is 48.9 Å². The lowest BCUT2D eigenvalue weighted by molar-refractivity contribution is -0.124. The number of nitrogens with zero attached hydrogens (tertiary/aromatic N) is 3. The zero-order chi connectivity index (χ0) is 26.9. The molecule has 2 aliphatic rings. The Morgan fingerprint density at radius 1 is 1.00 bits per heavy atom. The molecule has 4 nitrogen and oxygen atoms in total. The summed E-state index contributed by atoms with van der Waals surface area (Å²) >= 11 is 7.85. The number of amidine groups is 1. The minimum absolute atomic E-state index is 0.0516. The van der Waals surface area contributed by atoms with E-state index in [-0.39, 0.29) is 17.6 Å². The Balaban J connectivity index is 1.44. The molecule has 1 aromatic heterocycles. The van der Waals surface area contributed by atoms with E-state index in [1.807, 2.05) is 47.4 Å². The Bertz CT molecular complexity index is 1620. The first-order chi connectivity index (χ1) is 19.0. The molecule has 1 saturated carbocycles. The highest BCUT2D eigenvalue weighted by atomic mass is 35.5. The molecular weight excluding hydrogens is 529 g/mol. The molecule has 6 rings (SSSR count). The van der Waals surface area contributed by atoms with Gasteiger partial charge in [-0.1, -0.05) is 79.4 Å². The molecule has 0 atom stereocenters. The molecule has 1 saturated heterocycles. The van der Waals surface area contributed by atoms with Crippen molar-refractivity contribution in [3.8, 4) is 0 Å². The summed E-state index contributed by atoms with van der Waals surface area (Å²) in [5.41, 5.74) is 4.44. The average molecular weight is 558 g/mol. The van der Waals surface area contributed by atoms with Crippen LogP contribution in [0.2, 0.25) is 5.02 Å². The van der Waals surface area contributed by atoms with Gasteiger partial charge >= 0.3 is 0 Å². The van der Waals surface area contributed by atoms with Crippen LogP contribution in [0.5, 0.6) is 0 Å². The van der Waals surface area contributed by atoms with Gasteiger partial charge < -0.3 is 4.57 Å². The highest BCUT2D eigenvalue weighted by Gasteiger charge is 2.39. The molecule has 0 unspecified atom stereocenters. The number of halogens is 2. The molecule has 4 aromatic rings. The Hall–Kier alpha value is -3.35. The summed E-state index contributed by atoms with van der Waals surface area (Å²) in [6, 6.07) is 22.7. The number of carbonyl (C=O) groups is 1. The van der Waals surface area contributed by atoms with Gasteiger partial charge in [0.1, 0.15) is 11.5 Å². The Labute approximate surface area is 237 Å². The summed E-state index contributed by atoms with van der Waals surface area (Å²) in [5, 5.41) is 2.36. The summed E-state index contributed by atoms with van der Waals surface area (Å²) in [7, 11) is 0. The van der Waals surface area contributed by atoms with Gasteiger partial charge in [-0.3, -0.25) is 9.69 Å². The third-order valence-electron chi connectivity index (χ3n) is 7.69. The summed E-state index contributed by atoms with van der Waals surface area (Å²) < 4.78 is 16.8. The van der Waals surface area contributed by atoms with Gasteiger partial charge in [-0.25, -0.2) is 9.38 Å². The van der Waals surface area contributed by atoms with Crippen molar-refractivity contribution in [2.24, 2.45) is 4.99 Å². The van der Waals surface area contributed by atoms with Crippen LogP contribution in [0.4, 0.5) is 10.1 Å². The van der Waals surface area contributed by atoms with E-state index in [1.165, 1.54) is 24.2 Å². The summed E-state index contributed by atoms with van der Waals surface area (Å²) in [5.74, 6) is -0.443. The smallest absolute Gasteiger partial charge is 0.267 e. The molecular formula is C32H29ClFN3OS. The molecule has 198 valence electrons. The van der Waals surface area contributed by atoms with Gasteiger partial charge in [0.05, 0.1) is 4.91 Å². The van der Waals surface area contributed by atoms with Gasteiger partial charge in [0.15, 0.2) is 5.17 Å². The first kappa shape index (κ1) is 25.9. The number of aromatic nitrogens is 1. The van der Waals surface area contributed by atoms with E-state index in [9.17, 15) is 9.18 Å². The van der Waals surface area contributed by atoms with Gasteiger partial charge in [0, 0.05) is 39.8 Å². The van der Waals surface area contributed by atoms with Gasteiger partial charge in [0.25, 0.3) is 5.91 Å². The van der Waals surface area contributed by atoms with Crippen LogP contribution in [0.25, 0.3) is 17.0 Å². The second-order valence-corrected chi connectivity index (χ2v) is 11.5. The minimum Gasteiger partial charge on any atom is -0.340 e. The Morgan fingerprint density at radius 3 is 2.51 bits per heavy atom. The van der Waals surface area contributed by atoms with Gasteiger partial charge in [-0.15, -0.1) is 0 Å². The molecule has 0 radical (unpaired) electrons. The quantitative estimate of drug-likeness (QED) is 0.230. The zero-order valence-corrected chi connectivity index (χ0v) is 23.3. The van der Waals surface area contributed by atoms with Crippen molar-refractivity contribution in [1.29, 1.82) is 0 Å². The predicted octanol–water partition coefficient (Wildman–Crippen LogP) is 8.73. The van der Waals surface area contributed by atoms with E-state index in [4.69, 9.17) is 11.6 Å². The monoisotopic (exact) mass is 557 g/mol. The maximum Gasteiger partial charge on any atom is 0.267 e. The summed E-state index contributed by atoms with van der Waals surface area (Å²) in [6.07, 6.45) is 7.21. The molecule has 39 heavy (non-hydrogen) atoms. The number of thioether (sulfide) groups is 1. The van der Waals surface area contributed by atoms with Crippen LogP contribution in [-0.2, 0) is 11.3 Å². The number of carbonyl (C=O) groups excluding carboxylic acids is 1. The fourth-order valence-electron chi connectivity index (χ4n) is 5.64. The number of amides is 1. The fraction of sp³-hybridized carbons (Fsp3) is 0.250. The number of para-hydroxylation sites is 2. The van der Waals surface area contributed by atoms with E-state index in [0.29, 0.717) is 16.6 Å². The number of aliphatic imine (C=N–C) groups is 1. The lowest BCUT2D eigenvalue weighted by Crippen LogP contribution is -2.40. The number of benzene rings is 3. The topological polar surface area (TPSA) is 37.6 Å². The molecule has 2 fully saturated rings. The fourth-order valence-corrected chi connectivity index (χ4v) is 6.87. The second kappa shape index (κ2) is 11.0. The summed E-state index contributed by atoms with van der Waals surface area (Å²) in [6.45, 7) is 2.71. The van der Waals surface area contributed by atoms with Crippen LogP contribution in [0, 0.1) is 12.7 Å². The lowest BCUT2D eigenvalue weighted by atomic mass is 9.94. The zero-order valence-electron chi connectivity index (χ0n) is 21.7. The lowest BCUT2D eigenvalue weighted by Gasteiger charge is -2.30. The molecule has 0 bridgehead atoms. The standard InChI is InChI=1S/C32H29ClFN3OS/c1-21-25(24-14-6-10-18-29(24)36(21)20-22-11-5-7-15-26(22)33)19-30-31(38)37(23-12-3-2-4-13-23)32(39-30)35-28-17-9-8-16-27(28)34/h5-11,14-19,23H,2-4,12-13,20H2,1H3/b30-19-,35-32?. The summed E-state index contributed by atoms with van der Waals surface area (Å²) in [4.78, 5) is 21.0. The van der Waals surface area contributed by atoms with Crippen molar-refractivity contribution in [3.63, 3.8) is 0 Å². The van der Waals surface area contributed by atoms with Crippen molar-refractivity contribution in [2.45, 2.75) is 51.6 Å². The molecule has 2 heterocycles. The minimum atomic E-state index is -0.391. The molecule has 0 spiro atoms. The van der Waals surface area contributed by atoms with E-state index in [2.05, 4.69) is 28.6 Å². The Morgan fingerprint density at radius 2 is 1.72 bits per heavy atom. The first-order valence-electron chi connectivity index (χ1n) is 13.4. The highest BCUT2D eigenvalue weighted by molar-refractivity contribution is 8.18. The van der Waals surface area contributed by atoms with Crippen LogP contribution < -0.4 is 0 Å². The van der Waals surface area contributed by atoms with E-state index in [1.54, 1.807) is 18.2 Å². The number of fused-ring (bicyclic) bond motifs is 1. The molecule has 1 amide bonds. The van der Waals surface area contributed by atoms with Crippen LogP contribution in [0.15, 0.2) is 82.7 Å². The molecule has 1 aliphatic carbocycles. The molecule has 3 aromatic carbocycles. The third-order valence-corrected chi connectivity index (χ3v) is 9.04. The predicted molar refractivity (Wildman–Crippen MR) is 160 cm³/mol. The van der Waals surface area contributed by atoms with Crippen LogP contribution in [0.3, 0.4) is 0 Å². The third kappa shape index (κ3) is 5.04. The van der Waals surface area contributed by atoms with Crippen LogP contribution in [-0.4, -0.2) is 26.6 Å². The average Bonchev–Trinajstić information content (AvgIpc) is 3.40. The highest BCUT2D eigenvalue weighted by Crippen LogP contribution is 2.40. The molecule has 7 heteroatoms. The van der Waals surface area contributed by atoms with Crippen molar-refractivity contribution < 1.29 is 9.18 Å². The molecule has 0 N–H and O–H groups in total. The second-order valence-electron chi connectivity index (χ2n) is 10.1. The van der Waals surface area contributed by atoms with E-state index >= 15 is 0 Å². The van der Waals surface area contributed by atoms with Crippen molar-refractivity contribution in [1.82, 2.24) is 9.47 Å². The number of hydrogen-bond donors (Lipinski definition) is 0. The van der Waals surface area contributed by atoms with Gasteiger partial charge in [0.2, 0.25) is 0 Å². The SMILES string of the molecule is Cc1c(/C=C2\SC(=Nc3ccccc3F)N(C3CCCCC3)C2=O)c2ccccc2n1Cc1ccccc1Cl. The van der Waals surface area contributed by atoms with Crippen molar-refractivity contribution in [3.05, 3.63) is 105 Å². The van der Waals surface area contributed by atoms with Gasteiger partial charge in [-0.2, -0.15) is 0 Å². The van der Waals surface area contributed by atoms with Crippen molar-refractivity contribution >= 4 is 57.1 Å². The Kier molecular flexibility index (Phi) is 7.32. The first-order valence-corrected chi connectivity index (χ1v) is 14.6.